The van der Waals surface area contributed by atoms with E-state index >= 15 is 0 Å². The number of hydrogen-bond acceptors (Lipinski definition) is 3. The Bertz CT molecular complexity index is 313. The number of rotatable bonds is 4. The number of aliphatic hydroxyl groups is 1. The Morgan fingerprint density at radius 1 is 1.43 bits per heavy atom. The van der Waals surface area contributed by atoms with E-state index in [-0.39, 0.29) is 12.5 Å². The van der Waals surface area contributed by atoms with Crippen LogP contribution in [0.5, 0.6) is 0 Å². The summed E-state index contributed by atoms with van der Waals surface area (Å²) in [6.45, 7) is 0.720. The normalized spacial score (nSPS) is 9.86. The van der Waals surface area contributed by atoms with Crippen LogP contribution in [0.3, 0.4) is 0 Å². The fraction of sp³-hybridized carbons (Fsp3) is 0.300. The second-order valence-corrected chi connectivity index (χ2v) is 2.86. The average molecular weight is 194 g/mol. The van der Waals surface area contributed by atoms with Gasteiger partial charge in [0.25, 0.3) is 5.91 Å². The molecular weight excluding hydrogens is 180 g/mol. The zero-order valence-electron chi connectivity index (χ0n) is 7.86. The van der Waals surface area contributed by atoms with Crippen LogP contribution in [0.2, 0.25) is 0 Å². The van der Waals surface area contributed by atoms with Gasteiger partial charge >= 0.3 is 0 Å². The fourth-order valence-electron chi connectivity index (χ4n) is 1.16. The van der Waals surface area contributed by atoms with Crippen molar-refractivity contribution in [2.75, 3.05) is 13.1 Å². The van der Waals surface area contributed by atoms with Gasteiger partial charge < -0.3 is 16.2 Å². The van der Waals surface area contributed by atoms with Crippen molar-refractivity contribution in [1.82, 2.24) is 5.32 Å². The molecule has 4 heteroatoms. The summed E-state index contributed by atoms with van der Waals surface area (Å²) in [5.74, 6) is -0.194. The molecule has 1 amide bonds. The van der Waals surface area contributed by atoms with E-state index < -0.39 is 0 Å². The van der Waals surface area contributed by atoms with Gasteiger partial charge in [-0.3, -0.25) is 4.79 Å². The molecule has 0 spiro atoms. The summed E-state index contributed by atoms with van der Waals surface area (Å²) in [5, 5.41) is 11.6. The van der Waals surface area contributed by atoms with E-state index in [0.717, 1.165) is 0 Å². The Kier molecular flexibility index (Phi) is 4.10. The molecule has 0 aliphatic carbocycles. The van der Waals surface area contributed by atoms with E-state index in [9.17, 15) is 4.79 Å². The van der Waals surface area contributed by atoms with Crippen LogP contribution in [0.15, 0.2) is 24.3 Å². The fourth-order valence-corrected chi connectivity index (χ4v) is 1.16. The molecule has 0 heterocycles. The Morgan fingerprint density at radius 2 is 2.14 bits per heavy atom. The number of nitrogens with two attached hydrogens (primary N) is 1. The van der Waals surface area contributed by atoms with E-state index in [2.05, 4.69) is 5.32 Å². The van der Waals surface area contributed by atoms with Crippen LogP contribution in [0.25, 0.3) is 0 Å². The first-order valence-corrected chi connectivity index (χ1v) is 4.46. The number of benzene rings is 1. The van der Waals surface area contributed by atoms with Crippen molar-refractivity contribution in [3.8, 4) is 0 Å². The molecule has 76 valence electrons. The van der Waals surface area contributed by atoms with E-state index in [0.29, 0.717) is 24.2 Å². The van der Waals surface area contributed by atoms with E-state index in [1.807, 2.05) is 0 Å². The van der Waals surface area contributed by atoms with Gasteiger partial charge in [0.2, 0.25) is 0 Å². The Labute approximate surface area is 82.7 Å². The zero-order chi connectivity index (χ0) is 10.4. The van der Waals surface area contributed by atoms with Crippen molar-refractivity contribution >= 4 is 5.91 Å². The first kappa shape index (κ1) is 10.7. The minimum Gasteiger partial charge on any atom is -0.392 e. The van der Waals surface area contributed by atoms with Crippen LogP contribution in [0.1, 0.15) is 15.9 Å². The predicted molar refractivity (Wildman–Crippen MR) is 53.8 cm³/mol. The summed E-state index contributed by atoms with van der Waals surface area (Å²) in [4.78, 5) is 11.5. The van der Waals surface area contributed by atoms with Gasteiger partial charge in [0.15, 0.2) is 0 Å². The van der Waals surface area contributed by atoms with E-state index in [1.54, 1.807) is 24.3 Å². The lowest BCUT2D eigenvalue weighted by Gasteiger charge is -2.06. The van der Waals surface area contributed by atoms with Crippen molar-refractivity contribution in [3.05, 3.63) is 35.4 Å². The van der Waals surface area contributed by atoms with Crippen LogP contribution in [-0.2, 0) is 6.61 Å². The molecule has 0 aliphatic heterocycles. The number of carbonyl (C=O) groups excluding carboxylic acids is 1. The summed E-state index contributed by atoms with van der Waals surface area (Å²) in [6.07, 6.45) is 0. The smallest absolute Gasteiger partial charge is 0.251 e. The maximum absolute atomic E-state index is 11.5. The molecule has 0 radical (unpaired) electrons. The van der Waals surface area contributed by atoms with Gasteiger partial charge in [-0.15, -0.1) is 0 Å². The standard InChI is InChI=1S/C10H14N2O2/c11-5-6-12-10(14)9-4-2-1-3-8(9)7-13/h1-4,13H,5-7,11H2,(H,12,14). The topological polar surface area (TPSA) is 75.3 Å². The summed E-state index contributed by atoms with van der Waals surface area (Å²) >= 11 is 0. The molecule has 1 rings (SSSR count). The van der Waals surface area contributed by atoms with Crippen molar-refractivity contribution in [2.45, 2.75) is 6.61 Å². The van der Waals surface area contributed by atoms with Gasteiger partial charge in [0, 0.05) is 18.7 Å². The van der Waals surface area contributed by atoms with Gasteiger partial charge in [0.05, 0.1) is 6.61 Å². The Hall–Kier alpha value is -1.39. The van der Waals surface area contributed by atoms with Gasteiger partial charge in [-0.25, -0.2) is 0 Å². The van der Waals surface area contributed by atoms with Crippen molar-refractivity contribution in [1.29, 1.82) is 0 Å². The molecule has 0 aromatic heterocycles. The highest BCUT2D eigenvalue weighted by Crippen LogP contribution is 2.07. The monoisotopic (exact) mass is 194 g/mol. The third-order valence-corrected chi connectivity index (χ3v) is 1.86. The molecule has 1 aromatic carbocycles. The van der Waals surface area contributed by atoms with Crippen LogP contribution >= 0.6 is 0 Å². The molecule has 4 nitrogen and oxygen atoms in total. The molecule has 0 aliphatic rings. The molecule has 0 saturated carbocycles. The SMILES string of the molecule is NCCNC(=O)c1ccccc1CO. The predicted octanol–water partition coefficient (Wildman–Crippen LogP) is -0.133. The number of amides is 1. The second kappa shape index (κ2) is 5.36. The Balaban J connectivity index is 2.78. The number of carbonyl (C=O) groups is 1. The largest absolute Gasteiger partial charge is 0.392 e. The first-order valence-electron chi connectivity index (χ1n) is 4.46. The summed E-state index contributed by atoms with van der Waals surface area (Å²) in [7, 11) is 0. The van der Waals surface area contributed by atoms with Gasteiger partial charge in [-0.2, -0.15) is 0 Å². The number of hydrogen-bond donors (Lipinski definition) is 3. The molecule has 0 saturated heterocycles. The van der Waals surface area contributed by atoms with Gasteiger partial charge in [-0.1, -0.05) is 18.2 Å². The molecule has 0 fully saturated rings. The van der Waals surface area contributed by atoms with Crippen LogP contribution in [0, 0.1) is 0 Å². The third-order valence-electron chi connectivity index (χ3n) is 1.86. The van der Waals surface area contributed by atoms with Crippen LogP contribution < -0.4 is 11.1 Å². The van der Waals surface area contributed by atoms with Crippen LogP contribution in [-0.4, -0.2) is 24.1 Å². The lowest BCUT2D eigenvalue weighted by atomic mass is 10.1. The summed E-state index contributed by atoms with van der Waals surface area (Å²) in [6, 6.07) is 6.94. The highest BCUT2D eigenvalue weighted by molar-refractivity contribution is 5.95. The van der Waals surface area contributed by atoms with E-state index in [1.165, 1.54) is 0 Å². The van der Waals surface area contributed by atoms with Crippen molar-refractivity contribution in [2.24, 2.45) is 5.73 Å². The minimum atomic E-state index is -0.194. The minimum absolute atomic E-state index is 0.133. The Morgan fingerprint density at radius 3 is 2.79 bits per heavy atom. The molecule has 0 unspecified atom stereocenters. The van der Waals surface area contributed by atoms with Crippen LogP contribution in [0.4, 0.5) is 0 Å². The summed E-state index contributed by atoms with van der Waals surface area (Å²) in [5.41, 5.74) is 6.39. The summed E-state index contributed by atoms with van der Waals surface area (Å²) < 4.78 is 0. The molecule has 1 aromatic rings. The lowest BCUT2D eigenvalue weighted by molar-refractivity contribution is 0.0951. The van der Waals surface area contributed by atoms with Gasteiger partial charge in [0.1, 0.15) is 0 Å². The molecule has 0 bridgehead atoms. The number of nitrogens with one attached hydrogen (secondary N) is 1. The van der Waals surface area contributed by atoms with Crippen molar-refractivity contribution in [3.63, 3.8) is 0 Å². The lowest BCUT2D eigenvalue weighted by Crippen LogP contribution is -2.29. The second-order valence-electron chi connectivity index (χ2n) is 2.86. The van der Waals surface area contributed by atoms with E-state index in [4.69, 9.17) is 10.8 Å². The molecule has 4 N–H and O–H groups in total. The quantitative estimate of drug-likeness (QED) is 0.625. The maximum Gasteiger partial charge on any atom is 0.251 e. The van der Waals surface area contributed by atoms with Crippen molar-refractivity contribution < 1.29 is 9.90 Å². The molecule has 14 heavy (non-hydrogen) atoms. The highest BCUT2D eigenvalue weighted by Gasteiger charge is 2.08. The third kappa shape index (κ3) is 2.55. The maximum atomic E-state index is 11.5. The molecule has 0 atom stereocenters. The highest BCUT2D eigenvalue weighted by atomic mass is 16.3. The first-order chi connectivity index (χ1) is 6.79. The zero-order valence-corrected chi connectivity index (χ0v) is 7.86. The number of aliphatic hydroxyl groups excluding tert-OH is 1. The molecular formula is C10H14N2O2. The average Bonchev–Trinajstić information content (AvgIpc) is 2.25. The van der Waals surface area contributed by atoms with Gasteiger partial charge in [-0.05, 0) is 11.6 Å².